The van der Waals surface area contributed by atoms with Gasteiger partial charge in [0.05, 0.1) is 11.6 Å². The summed E-state index contributed by atoms with van der Waals surface area (Å²) in [5.41, 5.74) is 1.30. The smallest absolute Gasteiger partial charge is 0.255 e. The Bertz CT molecular complexity index is 992. The third kappa shape index (κ3) is 2.92. The average molecular weight is 349 g/mol. The summed E-state index contributed by atoms with van der Waals surface area (Å²) in [7, 11) is 1.64. The van der Waals surface area contributed by atoms with E-state index in [-0.39, 0.29) is 17.5 Å². The largest absolute Gasteiger partial charge is 0.328 e. The summed E-state index contributed by atoms with van der Waals surface area (Å²) >= 11 is 0. The number of rotatable bonds is 3. The number of H-pyrrole nitrogens is 1. The van der Waals surface area contributed by atoms with E-state index >= 15 is 0 Å². The number of likely N-dealkylation sites (tertiary alicyclic amines) is 1. The van der Waals surface area contributed by atoms with Gasteiger partial charge in [-0.1, -0.05) is 30.3 Å². The number of aromatic amines is 1. The minimum atomic E-state index is -0.137. The van der Waals surface area contributed by atoms with Crippen LogP contribution in [0.25, 0.3) is 11.4 Å². The van der Waals surface area contributed by atoms with Gasteiger partial charge in [-0.05, 0) is 18.9 Å². The molecule has 4 rings (SSSR count). The highest BCUT2D eigenvalue weighted by atomic mass is 16.2. The Morgan fingerprint density at radius 3 is 2.77 bits per heavy atom. The van der Waals surface area contributed by atoms with Crippen LogP contribution < -0.4 is 5.56 Å². The van der Waals surface area contributed by atoms with Crippen LogP contribution in [0.5, 0.6) is 0 Å². The minimum Gasteiger partial charge on any atom is -0.328 e. The molecule has 1 N–H and O–H groups in total. The molecule has 26 heavy (non-hydrogen) atoms. The lowest BCUT2D eigenvalue weighted by Crippen LogP contribution is -2.32. The zero-order valence-corrected chi connectivity index (χ0v) is 14.4. The maximum Gasteiger partial charge on any atom is 0.255 e. The zero-order valence-electron chi connectivity index (χ0n) is 14.4. The van der Waals surface area contributed by atoms with Crippen LogP contribution in [0.15, 0.2) is 53.5 Å². The van der Waals surface area contributed by atoms with Crippen molar-refractivity contribution in [1.82, 2.24) is 24.6 Å². The highest BCUT2D eigenvalue weighted by molar-refractivity contribution is 5.94. The van der Waals surface area contributed by atoms with Crippen molar-refractivity contribution in [3.05, 3.63) is 70.4 Å². The van der Waals surface area contributed by atoms with Gasteiger partial charge in [0, 0.05) is 31.4 Å². The maximum atomic E-state index is 12.9. The van der Waals surface area contributed by atoms with Crippen LogP contribution in [0, 0.1) is 0 Å². The van der Waals surface area contributed by atoms with Crippen LogP contribution in [-0.4, -0.2) is 37.1 Å². The third-order valence-electron chi connectivity index (χ3n) is 4.70. The minimum absolute atomic E-state index is 0.0965. The van der Waals surface area contributed by atoms with Crippen LogP contribution in [0.3, 0.4) is 0 Å². The molecule has 1 atom stereocenters. The van der Waals surface area contributed by atoms with Crippen molar-refractivity contribution in [2.45, 2.75) is 18.9 Å². The number of aryl methyl sites for hydroxylation is 1. The fraction of sp³-hybridized carbons (Fsp3) is 0.263. The Labute approximate surface area is 150 Å². The van der Waals surface area contributed by atoms with Crippen molar-refractivity contribution >= 4 is 5.91 Å². The van der Waals surface area contributed by atoms with Gasteiger partial charge in [0.15, 0.2) is 5.82 Å². The van der Waals surface area contributed by atoms with Gasteiger partial charge in [-0.25, -0.2) is 4.98 Å². The van der Waals surface area contributed by atoms with Crippen LogP contribution in [-0.2, 0) is 7.05 Å². The molecule has 3 aromatic rings. The van der Waals surface area contributed by atoms with Crippen LogP contribution in [0.1, 0.15) is 35.1 Å². The van der Waals surface area contributed by atoms with Gasteiger partial charge in [-0.2, -0.15) is 5.10 Å². The highest BCUT2D eigenvalue weighted by Gasteiger charge is 2.33. The van der Waals surface area contributed by atoms with Crippen molar-refractivity contribution in [1.29, 1.82) is 0 Å². The Kier molecular flexibility index (Phi) is 4.12. The summed E-state index contributed by atoms with van der Waals surface area (Å²) in [5.74, 6) is 1.22. The quantitative estimate of drug-likeness (QED) is 0.785. The molecule has 2 aromatic heterocycles. The van der Waals surface area contributed by atoms with E-state index in [1.54, 1.807) is 24.2 Å². The number of aromatic nitrogens is 4. The van der Waals surface area contributed by atoms with Crippen molar-refractivity contribution in [2.24, 2.45) is 7.05 Å². The Morgan fingerprint density at radius 2 is 2.00 bits per heavy atom. The van der Waals surface area contributed by atoms with Crippen LogP contribution >= 0.6 is 0 Å². The van der Waals surface area contributed by atoms with Gasteiger partial charge < -0.3 is 9.47 Å². The summed E-state index contributed by atoms with van der Waals surface area (Å²) in [5, 5.41) is 7.30. The fourth-order valence-electron chi connectivity index (χ4n) is 3.32. The molecule has 7 nitrogen and oxygen atoms in total. The van der Waals surface area contributed by atoms with Gasteiger partial charge in [0.25, 0.3) is 5.91 Å². The molecule has 0 aliphatic carbocycles. The molecule has 0 spiro atoms. The molecule has 3 heterocycles. The molecule has 0 radical (unpaired) electrons. The van der Waals surface area contributed by atoms with E-state index in [1.807, 2.05) is 30.3 Å². The predicted octanol–water partition coefficient (Wildman–Crippen LogP) is 2.15. The molecule has 1 aliphatic heterocycles. The van der Waals surface area contributed by atoms with Crippen molar-refractivity contribution in [3.8, 4) is 11.4 Å². The number of pyridine rings is 1. The fourth-order valence-corrected chi connectivity index (χ4v) is 3.32. The molecule has 1 saturated heterocycles. The van der Waals surface area contributed by atoms with Crippen molar-refractivity contribution in [2.75, 3.05) is 6.54 Å². The van der Waals surface area contributed by atoms with E-state index in [1.165, 1.54) is 10.6 Å². The van der Waals surface area contributed by atoms with E-state index < -0.39 is 0 Å². The summed E-state index contributed by atoms with van der Waals surface area (Å²) < 4.78 is 1.42. The van der Waals surface area contributed by atoms with Gasteiger partial charge >= 0.3 is 0 Å². The standard InChI is InChI=1S/C19H19N5O2/c1-23-12-14(9-10-16(23)25)19(26)24-11-5-8-15(24)18-20-17(21-22-18)13-6-3-2-4-7-13/h2-4,6-7,9-10,12,15H,5,8,11H2,1H3,(H,20,21,22). The normalized spacial score (nSPS) is 16.8. The van der Waals surface area contributed by atoms with Gasteiger partial charge in [0.2, 0.25) is 5.56 Å². The first kappa shape index (κ1) is 16.3. The van der Waals surface area contributed by atoms with E-state index in [2.05, 4.69) is 15.2 Å². The van der Waals surface area contributed by atoms with Crippen LogP contribution in [0.2, 0.25) is 0 Å². The topological polar surface area (TPSA) is 83.9 Å². The second-order valence-electron chi connectivity index (χ2n) is 6.43. The lowest BCUT2D eigenvalue weighted by Gasteiger charge is -2.23. The molecule has 132 valence electrons. The highest BCUT2D eigenvalue weighted by Crippen LogP contribution is 2.31. The third-order valence-corrected chi connectivity index (χ3v) is 4.70. The lowest BCUT2D eigenvalue weighted by atomic mass is 10.2. The van der Waals surface area contributed by atoms with E-state index in [9.17, 15) is 9.59 Å². The molecule has 1 aliphatic rings. The number of hydrogen-bond acceptors (Lipinski definition) is 4. The summed E-state index contributed by atoms with van der Waals surface area (Å²) in [6.45, 7) is 0.660. The number of benzene rings is 1. The number of amides is 1. The summed E-state index contributed by atoms with van der Waals surface area (Å²) in [6, 6.07) is 12.6. The number of nitrogens with one attached hydrogen (secondary N) is 1. The molecule has 1 fully saturated rings. The lowest BCUT2D eigenvalue weighted by molar-refractivity contribution is 0.0729. The molecule has 1 unspecified atom stereocenters. The monoisotopic (exact) mass is 349 g/mol. The van der Waals surface area contributed by atoms with E-state index in [0.29, 0.717) is 23.8 Å². The van der Waals surface area contributed by atoms with Crippen molar-refractivity contribution < 1.29 is 4.79 Å². The Morgan fingerprint density at radius 1 is 1.19 bits per heavy atom. The maximum absolute atomic E-state index is 12.9. The van der Waals surface area contributed by atoms with Gasteiger partial charge in [-0.3, -0.25) is 14.7 Å². The molecule has 0 bridgehead atoms. The van der Waals surface area contributed by atoms with E-state index in [4.69, 9.17) is 0 Å². The molecule has 7 heteroatoms. The number of hydrogen-bond donors (Lipinski definition) is 1. The number of carbonyl (C=O) groups is 1. The summed E-state index contributed by atoms with van der Waals surface area (Å²) in [4.78, 5) is 30.9. The SMILES string of the molecule is Cn1cc(C(=O)N2CCCC2c2nc(-c3ccccc3)n[nH]2)ccc1=O. The second-order valence-corrected chi connectivity index (χ2v) is 6.43. The zero-order chi connectivity index (χ0) is 18.1. The molecular formula is C19H19N5O2. The molecular weight excluding hydrogens is 330 g/mol. The van der Waals surface area contributed by atoms with Gasteiger partial charge in [-0.15, -0.1) is 0 Å². The number of nitrogens with zero attached hydrogens (tertiary/aromatic N) is 4. The summed E-state index contributed by atoms with van der Waals surface area (Å²) in [6.07, 6.45) is 3.32. The Hall–Kier alpha value is -3.22. The second kappa shape index (κ2) is 6.59. The molecule has 0 saturated carbocycles. The average Bonchev–Trinajstić information content (AvgIpc) is 3.33. The van der Waals surface area contributed by atoms with Gasteiger partial charge in [0.1, 0.15) is 5.82 Å². The first-order valence-electron chi connectivity index (χ1n) is 8.59. The Balaban J connectivity index is 1.60. The number of carbonyl (C=O) groups excluding carboxylic acids is 1. The first-order valence-corrected chi connectivity index (χ1v) is 8.59. The molecule has 1 aromatic carbocycles. The first-order chi connectivity index (χ1) is 12.6. The predicted molar refractivity (Wildman–Crippen MR) is 96.5 cm³/mol. The molecule has 1 amide bonds. The van der Waals surface area contributed by atoms with Crippen LogP contribution in [0.4, 0.5) is 0 Å². The van der Waals surface area contributed by atoms with E-state index in [0.717, 1.165) is 18.4 Å². The van der Waals surface area contributed by atoms with Crippen molar-refractivity contribution in [3.63, 3.8) is 0 Å².